The molecule has 0 spiro atoms. The van der Waals surface area contributed by atoms with Gasteiger partial charge in [0.2, 0.25) is 10.0 Å². The number of hydrogen-bond acceptors (Lipinski definition) is 4. The zero-order valence-corrected chi connectivity index (χ0v) is 9.53. The Hall–Kier alpha value is -0.660. The minimum Gasteiger partial charge on any atom is -0.480 e. The maximum absolute atomic E-state index is 11.9. The highest BCUT2D eigenvalue weighted by Gasteiger charge is 2.36. The van der Waals surface area contributed by atoms with Gasteiger partial charge >= 0.3 is 5.97 Å². The molecule has 1 aliphatic rings. The molecule has 1 rings (SSSR count). The summed E-state index contributed by atoms with van der Waals surface area (Å²) in [5, 5.41) is 8.11. The number of carbonyl (C=O) groups is 1. The summed E-state index contributed by atoms with van der Waals surface area (Å²) in [6.45, 7) is 1.91. The molecule has 0 bridgehead atoms. The molecule has 1 N–H and O–H groups in total. The van der Waals surface area contributed by atoms with Gasteiger partial charge in [-0.3, -0.25) is 4.79 Å². The summed E-state index contributed by atoms with van der Waals surface area (Å²) >= 11 is 0. The summed E-state index contributed by atoms with van der Waals surface area (Å²) in [7, 11) is -2.27. The van der Waals surface area contributed by atoms with Gasteiger partial charge in [-0.1, -0.05) is 0 Å². The molecule has 0 aromatic rings. The van der Waals surface area contributed by atoms with Crippen LogP contribution in [0.2, 0.25) is 0 Å². The van der Waals surface area contributed by atoms with Gasteiger partial charge in [0.15, 0.2) is 0 Å². The van der Waals surface area contributed by atoms with E-state index in [1.165, 1.54) is 14.0 Å². The summed E-state index contributed by atoms with van der Waals surface area (Å²) in [4.78, 5) is 10.7. The smallest absolute Gasteiger partial charge is 0.321 e. The van der Waals surface area contributed by atoms with Crippen LogP contribution in [0, 0.1) is 0 Å². The van der Waals surface area contributed by atoms with Crippen molar-refractivity contribution in [3.05, 3.63) is 0 Å². The molecule has 6 nitrogen and oxygen atoms in total. The fourth-order valence-corrected chi connectivity index (χ4v) is 3.02. The highest BCUT2D eigenvalue weighted by atomic mass is 32.2. The van der Waals surface area contributed by atoms with Crippen molar-refractivity contribution in [1.82, 2.24) is 4.31 Å². The molecule has 1 heterocycles. The third-order valence-corrected chi connectivity index (χ3v) is 4.95. The molecule has 2 unspecified atom stereocenters. The van der Waals surface area contributed by atoms with E-state index >= 15 is 0 Å². The number of ether oxygens (including phenoxy) is 1. The van der Waals surface area contributed by atoms with Gasteiger partial charge in [-0.15, -0.1) is 0 Å². The molecule has 1 fully saturated rings. The van der Waals surface area contributed by atoms with Crippen LogP contribution < -0.4 is 0 Å². The third kappa shape index (κ3) is 2.47. The lowest BCUT2D eigenvalue weighted by molar-refractivity contribution is -0.140. The number of hydrogen-bond donors (Lipinski definition) is 1. The van der Waals surface area contributed by atoms with Crippen molar-refractivity contribution < 1.29 is 23.1 Å². The normalized spacial score (nSPS) is 24.3. The second-order valence-electron chi connectivity index (χ2n) is 3.56. The Labute approximate surface area is 88.9 Å². The molecule has 0 amide bonds. The molecule has 0 radical (unpaired) electrons. The van der Waals surface area contributed by atoms with Crippen molar-refractivity contribution in [2.24, 2.45) is 0 Å². The van der Waals surface area contributed by atoms with Gasteiger partial charge in [0, 0.05) is 13.7 Å². The van der Waals surface area contributed by atoms with E-state index in [1.807, 2.05) is 0 Å². The Balaban J connectivity index is 2.80. The van der Waals surface area contributed by atoms with Crippen molar-refractivity contribution >= 4 is 16.0 Å². The van der Waals surface area contributed by atoms with E-state index in [0.29, 0.717) is 13.0 Å². The summed E-state index contributed by atoms with van der Waals surface area (Å²) in [5.41, 5.74) is 0. The van der Waals surface area contributed by atoms with Crippen molar-refractivity contribution in [2.75, 3.05) is 20.3 Å². The van der Waals surface area contributed by atoms with Gasteiger partial charge in [0.05, 0.1) is 6.61 Å². The summed E-state index contributed by atoms with van der Waals surface area (Å²) in [6.07, 6.45) is 0.430. The molecule has 7 heteroatoms. The summed E-state index contributed by atoms with van der Waals surface area (Å²) in [5.74, 6) is -1.15. The summed E-state index contributed by atoms with van der Waals surface area (Å²) < 4.78 is 29.6. The van der Waals surface area contributed by atoms with Gasteiger partial charge < -0.3 is 9.84 Å². The summed E-state index contributed by atoms with van der Waals surface area (Å²) in [6, 6.07) is -1.05. The Morgan fingerprint density at radius 1 is 1.60 bits per heavy atom. The van der Waals surface area contributed by atoms with Crippen LogP contribution in [0.25, 0.3) is 0 Å². The van der Waals surface area contributed by atoms with Crippen LogP contribution in [-0.2, 0) is 19.6 Å². The maximum atomic E-state index is 11.9. The van der Waals surface area contributed by atoms with Crippen molar-refractivity contribution in [1.29, 1.82) is 0 Å². The quantitative estimate of drug-likeness (QED) is 0.713. The molecule has 15 heavy (non-hydrogen) atoms. The average molecular weight is 237 g/mol. The fourth-order valence-electron chi connectivity index (χ4n) is 1.36. The van der Waals surface area contributed by atoms with E-state index < -0.39 is 27.3 Å². The average Bonchev–Trinajstić information content (AvgIpc) is 2.68. The van der Waals surface area contributed by atoms with Gasteiger partial charge in [-0.05, 0) is 13.3 Å². The molecule has 0 aromatic carbocycles. The topological polar surface area (TPSA) is 83.9 Å². The standard InChI is InChI=1S/C8H15NO5S/c1-6(8(10)11)9(2)15(12,13)7-3-4-14-5-7/h6-7H,3-5H2,1-2H3,(H,10,11). The van der Waals surface area contributed by atoms with Crippen LogP contribution in [0.1, 0.15) is 13.3 Å². The van der Waals surface area contributed by atoms with E-state index in [0.717, 1.165) is 4.31 Å². The van der Waals surface area contributed by atoms with Crippen molar-refractivity contribution in [3.63, 3.8) is 0 Å². The number of sulfonamides is 1. The van der Waals surface area contributed by atoms with Crippen LogP contribution in [0.5, 0.6) is 0 Å². The number of carboxylic acid groups (broad SMARTS) is 1. The molecule has 88 valence electrons. The van der Waals surface area contributed by atoms with E-state index in [2.05, 4.69) is 0 Å². The van der Waals surface area contributed by atoms with Crippen LogP contribution in [0.4, 0.5) is 0 Å². The third-order valence-electron chi connectivity index (χ3n) is 2.61. The highest BCUT2D eigenvalue weighted by molar-refractivity contribution is 7.89. The van der Waals surface area contributed by atoms with Gasteiger partial charge in [0.1, 0.15) is 11.3 Å². The number of rotatable bonds is 4. The SMILES string of the molecule is CC(C(=O)O)N(C)S(=O)(=O)C1CCOC1. The highest BCUT2D eigenvalue weighted by Crippen LogP contribution is 2.18. The van der Waals surface area contributed by atoms with Gasteiger partial charge in [-0.25, -0.2) is 8.42 Å². The molecular formula is C8H15NO5S. The molecular weight excluding hydrogens is 222 g/mol. The van der Waals surface area contributed by atoms with Crippen LogP contribution in [0.15, 0.2) is 0 Å². The lowest BCUT2D eigenvalue weighted by Gasteiger charge is -2.23. The Kier molecular flexibility index (Phi) is 3.69. The zero-order valence-electron chi connectivity index (χ0n) is 8.71. The molecule has 0 aliphatic carbocycles. The first-order valence-corrected chi connectivity index (χ1v) is 6.15. The first-order chi connectivity index (χ1) is 6.87. The number of aliphatic carboxylic acids is 1. The minimum atomic E-state index is -3.56. The van der Waals surface area contributed by atoms with Crippen LogP contribution >= 0.6 is 0 Å². The van der Waals surface area contributed by atoms with Gasteiger partial charge in [0.25, 0.3) is 0 Å². The Bertz CT molecular complexity index is 333. The van der Waals surface area contributed by atoms with Crippen LogP contribution in [0.3, 0.4) is 0 Å². The Morgan fingerprint density at radius 3 is 2.60 bits per heavy atom. The second-order valence-corrected chi connectivity index (χ2v) is 5.83. The molecule has 1 saturated heterocycles. The predicted octanol–water partition coefficient (Wildman–Crippen LogP) is -0.490. The lowest BCUT2D eigenvalue weighted by atomic mass is 10.4. The molecule has 0 aromatic heterocycles. The van der Waals surface area contributed by atoms with Crippen LogP contribution in [-0.4, -0.2) is 55.4 Å². The predicted molar refractivity (Wildman–Crippen MR) is 53.0 cm³/mol. The molecule has 1 aliphatic heterocycles. The number of carboxylic acids is 1. The van der Waals surface area contributed by atoms with Crippen molar-refractivity contribution in [3.8, 4) is 0 Å². The number of nitrogens with zero attached hydrogens (tertiary/aromatic N) is 1. The minimum absolute atomic E-state index is 0.152. The monoisotopic (exact) mass is 237 g/mol. The largest absolute Gasteiger partial charge is 0.480 e. The lowest BCUT2D eigenvalue weighted by Crippen LogP contribution is -2.45. The first-order valence-electron chi connectivity index (χ1n) is 4.64. The molecule has 2 atom stereocenters. The van der Waals surface area contributed by atoms with E-state index in [9.17, 15) is 13.2 Å². The first kappa shape index (κ1) is 12.4. The van der Waals surface area contributed by atoms with E-state index in [-0.39, 0.29) is 6.61 Å². The zero-order chi connectivity index (χ0) is 11.6. The van der Waals surface area contributed by atoms with E-state index in [1.54, 1.807) is 0 Å². The van der Waals surface area contributed by atoms with Crippen molar-refractivity contribution in [2.45, 2.75) is 24.6 Å². The van der Waals surface area contributed by atoms with E-state index in [4.69, 9.17) is 9.84 Å². The fraction of sp³-hybridized carbons (Fsp3) is 0.875. The van der Waals surface area contributed by atoms with Gasteiger partial charge in [-0.2, -0.15) is 4.31 Å². The maximum Gasteiger partial charge on any atom is 0.321 e. The second kappa shape index (κ2) is 4.46. The molecule has 0 saturated carbocycles. The Morgan fingerprint density at radius 2 is 2.20 bits per heavy atom. The number of likely N-dealkylation sites (N-methyl/N-ethyl adjacent to an activating group) is 1.